The molecule has 3 aromatic carbocycles. The van der Waals surface area contributed by atoms with E-state index in [4.69, 9.17) is 32.7 Å². The first-order chi connectivity index (χ1) is 19.9. The summed E-state index contributed by atoms with van der Waals surface area (Å²) in [4.78, 5) is 16.1. The summed E-state index contributed by atoms with van der Waals surface area (Å²) in [6.07, 6.45) is 1.31. The summed E-state index contributed by atoms with van der Waals surface area (Å²) < 4.78 is 10.8. The van der Waals surface area contributed by atoms with E-state index in [0.29, 0.717) is 40.9 Å². The third-order valence-electron chi connectivity index (χ3n) is 8.11. The van der Waals surface area contributed by atoms with Crippen LogP contribution in [0, 0.1) is 16.7 Å². The molecule has 6 nitrogen and oxygen atoms in total. The van der Waals surface area contributed by atoms with E-state index in [0.717, 1.165) is 16.7 Å². The summed E-state index contributed by atoms with van der Waals surface area (Å²) in [6.45, 7) is 6.94. The van der Waals surface area contributed by atoms with Gasteiger partial charge in [0.1, 0.15) is 5.41 Å². The van der Waals surface area contributed by atoms with Gasteiger partial charge in [0.05, 0.1) is 26.3 Å². The van der Waals surface area contributed by atoms with Gasteiger partial charge in [-0.2, -0.15) is 5.26 Å². The minimum absolute atomic E-state index is 0.0783. The first-order valence-corrected chi connectivity index (χ1v) is 14.8. The molecule has 222 valence electrons. The Morgan fingerprint density at radius 1 is 1.00 bits per heavy atom. The Labute approximate surface area is 259 Å². The van der Waals surface area contributed by atoms with E-state index >= 15 is 0 Å². The third kappa shape index (κ3) is 6.54. The standard InChI is InChI=1S/C34H39Cl2N3O3/c1-33(2,3)20-29-34(21-37,24-11-13-25(35)14-12-24)30(23-8-7-9-26(36)19-23)31(38-29)32(40)39(4)17-16-22-10-15-27(41-5)28(18-22)42-6/h7-15,18-19,29-31,38H,16-17,20H2,1-6H3/t29-,30-,31+,34-/m0/s1. The lowest BCUT2D eigenvalue weighted by Gasteiger charge is -2.37. The highest BCUT2D eigenvalue weighted by atomic mass is 35.5. The van der Waals surface area contributed by atoms with Crippen LogP contribution in [0.2, 0.25) is 10.0 Å². The van der Waals surface area contributed by atoms with Crippen LogP contribution in [0.4, 0.5) is 0 Å². The normalized spacial score (nSPS) is 21.9. The molecule has 0 bridgehead atoms. The lowest BCUT2D eigenvalue weighted by molar-refractivity contribution is -0.132. The van der Waals surface area contributed by atoms with Crippen LogP contribution in [0.25, 0.3) is 0 Å². The van der Waals surface area contributed by atoms with Crippen molar-refractivity contribution in [2.24, 2.45) is 5.41 Å². The van der Waals surface area contributed by atoms with Crippen molar-refractivity contribution >= 4 is 29.1 Å². The highest BCUT2D eigenvalue weighted by molar-refractivity contribution is 6.30. The number of ether oxygens (including phenoxy) is 2. The summed E-state index contributed by atoms with van der Waals surface area (Å²) in [7, 11) is 5.02. The fraction of sp³-hybridized carbons (Fsp3) is 0.412. The maximum absolute atomic E-state index is 14.3. The van der Waals surface area contributed by atoms with Crippen LogP contribution < -0.4 is 14.8 Å². The molecule has 3 aromatic rings. The molecule has 42 heavy (non-hydrogen) atoms. The second-order valence-electron chi connectivity index (χ2n) is 12.2. The smallest absolute Gasteiger partial charge is 0.240 e. The van der Waals surface area contributed by atoms with Crippen molar-refractivity contribution in [1.82, 2.24) is 10.2 Å². The Morgan fingerprint density at radius 3 is 2.29 bits per heavy atom. The summed E-state index contributed by atoms with van der Waals surface area (Å²) >= 11 is 12.8. The quantitative estimate of drug-likeness (QED) is 0.282. The molecule has 1 heterocycles. The molecule has 0 saturated carbocycles. The molecule has 0 aliphatic carbocycles. The number of hydrogen-bond donors (Lipinski definition) is 1. The average Bonchev–Trinajstić information content (AvgIpc) is 3.28. The number of benzene rings is 3. The summed E-state index contributed by atoms with van der Waals surface area (Å²) in [5.41, 5.74) is 1.53. The van der Waals surface area contributed by atoms with Gasteiger partial charge in [-0.05, 0) is 71.3 Å². The van der Waals surface area contributed by atoms with Gasteiger partial charge >= 0.3 is 0 Å². The number of methoxy groups -OCH3 is 2. The molecular weight excluding hydrogens is 569 g/mol. The number of nitrogens with one attached hydrogen (secondary N) is 1. The number of likely N-dealkylation sites (N-methyl/N-ethyl adjacent to an activating group) is 1. The zero-order valence-corrected chi connectivity index (χ0v) is 26.6. The Hall–Kier alpha value is -3.24. The van der Waals surface area contributed by atoms with Gasteiger partial charge in [-0.15, -0.1) is 0 Å². The van der Waals surface area contributed by atoms with Crippen molar-refractivity contribution in [3.05, 3.63) is 93.5 Å². The van der Waals surface area contributed by atoms with Crippen LogP contribution in [-0.2, 0) is 16.6 Å². The van der Waals surface area contributed by atoms with Gasteiger partial charge in [-0.25, -0.2) is 0 Å². The Balaban J connectivity index is 1.75. The van der Waals surface area contributed by atoms with E-state index in [2.05, 4.69) is 32.2 Å². The van der Waals surface area contributed by atoms with Crippen LogP contribution in [0.15, 0.2) is 66.7 Å². The molecule has 4 atom stereocenters. The lowest BCUT2D eigenvalue weighted by atomic mass is 9.63. The number of carbonyl (C=O) groups excluding carboxylic acids is 1. The summed E-state index contributed by atoms with van der Waals surface area (Å²) in [5.74, 6) is 0.732. The first kappa shape index (κ1) is 31.7. The monoisotopic (exact) mass is 607 g/mol. The molecule has 1 saturated heterocycles. The highest BCUT2D eigenvalue weighted by Gasteiger charge is 2.59. The van der Waals surface area contributed by atoms with Crippen molar-refractivity contribution in [1.29, 1.82) is 5.26 Å². The Morgan fingerprint density at radius 2 is 1.69 bits per heavy atom. The fourth-order valence-electron chi connectivity index (χ4n) is 6.12. The van der Waals surface area contributed by atoms with E-state index in [-0.39, 0.29) is 17.4 Å². The zero-order valence-electron chi connectivity index (χ0n) is 25.1. The molecule has 0 radical (unpaired) electrons. The lowest BCUT2D eigenvalue weighted by Crippen LogP contribution is -2.46. The number of nitriles is 1. The van der Waals surface area contributed by atoms with E-state index in [9.17, 15) is 10.1 Å². The minimum Gasteiger partial charge on any atom is -0.493 e. The molecule has 1 amide bonds. The molecule has 1 fully saturated rings. The number of nitrogens with zero attached hydrogens (tertiary/aromatic N) is 2. The molecule has 0 unspecified atom stereocenters. The summed E-state index contributed by atoms with van der Waals surface area (Å²) in [5, 5.41) is 15.9. The van der Waals surface area contributed by atoms with Gasteiger partial charge in [-0.3, -0.25) is 4.79 Å². The largest absolute Gasteiger partial charge is 0.493 e. The van der Waals surface area contributed by atoms with Gasteiger partial charge < -0.3 is 19.7 Å². The van der Waals surface area contributed by atoms with Gasteiger partial charge in [0.2, 0.25) is 5.91 Å². The molecule has 1 aliphatic rings. The Kier molecular flexibility index (Phi) is 9.77. The molecule has 1 aliphatic heterocycles. The maximum atomic E-state index is 14.3. The van der Waals surface area contributed by atoms with Crippen LogP contribution >= 0.6 is 23.2 Å². The van der Waals surface area contributed by atoms with E-state index in [1.54, 1.807) is 19.1 Å². The average molecular weight is 609 g/mol. The number of carbonyl (C=O) groups is 1. The van der Waals surface area contributed by atoms with Gasteiger partial charge in [0.15, 0.2) is 11.5 Å². The van der Waals surface area contributed by atoms with Crippen molar-refractivity contribution in [2.45, 2.75) is 57.0 Å². The van der Waals surface area contributed by atoms with Crippen LogP contribution in [0.1, 0.15) is 49.8 Å². The number of rotatable bonds is 9. The van der Waals surface area contributed by atoms with E-state index in [1.165, 1.54) is 0 Å². The van der Waals surface area contributed by atoms with Crippen molar-refractivity contribution in [3.8, 4) is 17.6 Å². The van der Waals surface area contributed by atoms with Crippen LogP contribution in [-0.4, -0.2) is 50.7 Å². The molecule has 1 N–H and O–H groups in total. The van der Waals surface area contributed by atoms with Gasteiger partial charge in [0.25, 0.3) is 0 Å². The predicted octanol–water partition coefficient (Wildman–Crippen LogP) is 7.03. The molecular formula is C34H39Cl2N3O3. The van der Waals surface area contributed by atoms with E-state index in [1.807, 2.05) is 73.8 Å². The maximum Gasteiger partial charge on any atom is 0.240 e. The molecule has 4 rings (SSSR count). The second-order valence-corrected chi connectivity index (χ2v) is 13.1. The van der Waals surface area contributed by atoms with Gasteiger partial charge in [0, 0.05) is 35.6 Å². The molecule has 8 heteroatoms. The van der Waals surface area contributed by atoms with E-state index < -0.39 is 17.4 Å². The van der Waals surface area contributed by atoms with Crippen LogP contribution in [0.3, 0.4) is 0 Å². The van der Waals surface area contributed by atoms with Gasteiger partial charge in [-0.1, -0.05) is 74.3 Å². The SMILES string of the molecule is COc1ccc(CCN(C)C(=O)[C@@H]2N[C@@H](CC(C)(C)C)[C@](C#N)(c3ccc(Cl)cc3)[C@H]2c2cccc(Cl)c2)cc1OC. The third-order valence-corrected chi connectivity index (χ3v) is 8.60. The zero-order chi connectivity index (χ0) is 30.7. The molecule has 0 spiro atoms. The number of halogens is 2. The Bertz CT molecular complexity index is 1450. The number of amides is 1. The molecule has 0 aromatic heterocycles. The fourth-order valence-corrected chi connectivity index (χ4v) is 6.45. The highest BCUT2D eigenvalue weighted by Crippen LogP contribution is 2.51. The van der Waals surface area contributed by atoms with Crippen LogP contribution in [0.5, 0.6) is 11.5 Å². The minimum atomic E-state index is -1.05. The van der Waals surface area contributed by atoms with Crippen molar-refractivity contribution in [3.63, 3.8) is 0 Å². The van der Waals surface area contributed by atoms with Crippen molar-refractivity contribution < 1.29 is 14.3 Å². The second kappa shape index (κ2) is 13.0. The van der Waals surface area contributed by atoms with Crippen molar-refractivity contribution in [2.75, 3.05) is 27.8 Å². The first-order valence-electron chi connectivity index (χ1n) is 14.1. The topological polar surface area (TPSA) is 74.6 Å². The summed E-state index contributed by atoms with van der Waals surface area (Å²) in [6, 6.07) is 22.5. The number of hydrogen-bond acceptors (Lipinski definition) is 5. The predicted molar refractivity (Wildman–Crippen MR) is 169 cm³/mol.